The van der Waals surface area contributed by atoms with Gasteiger partial charge < -0.3 is 5.32 Å². The first kappa shape index (κ1) is 24.4. The summed E-state index contributed by atoms with van der Waals surface area (Å²) in [7, 11) is -2.18. The van der Waals surface area contributed by atoms with Crippen molar-refractivity contribution in [1.29, 1.82) is 0 Å². The van der Waals surface area contributed by atoms with Crippen LogP contribution in [0.5, 0.6) is 0 Å². The summed E-state index contributed by atoms with van der Waals surface area (Å²) in [6.07, 6.45) is 8.49. The minimum atomic E-state index is -2.18. The van der Waals surface area contributed by atoms with Gasteiger partial charge in [0.15, 0.2) is 17.3 Å². The Balaban J connectivity index is 1.29. The van der Waals surface area contributed by atoms with Crippen LogP contribution in [0.4, 0.5) is 5.82 Å². The highest BCUT2D eigenvalue weighted by molar-refractivity contribution is 8.00. The molecule has 4 heterocycles. The molecule has 0 amide bonds. The van der Waals surface area contributed by atoms with E-state index in [1.807, 2.05) is 19.1 Å². The van der Waals surface area contributed by atoms with Crippen molar-refractivity contribution in [2.24, 2.45) is 5.92 Å². The maximum Gasteiger partial charge on any atom is 0.295 e. The van der Waals surface area contributed by atoms with Crippen LogP contribution >= 0.6 is 0 Å². The van der Waals surface area contributed by atoms with Gasteiger partial charge >= 0.3 is 0 Å². The van der Waals surface area contributed by atoms with Gasteiger partial charge in [-0.05, 0) is 84.5 Å². The number of aromatic nitrogens is 6. The van der Waals surface area contributed by atoms with Gasteiger partial charge in [-0.3, -0.25) is 13.6 Å². The minimum Gasteiger partial charge on any atom is -0.361 e. The summed E-state index contributed by atoms with van der Waals surface area (Å²) in [5, 5.41) is 3.27. The number of hydrogen-bond donors (Lipinski definition) is 1. The lowest BCUT2D eigenvalue weighted by Crippen LogP contribution is -2.29. The van der Waals surface area contributed by atoms with Crippen LogP contribution in [-0.2, 0) is 22.5 Å². The standard InChI is InChI=1S/C29H31N7O2S/c1-16-24(25(20-7-8-20)33-15-32-16)26-31-14-22-28(35-26)36(17(2)19-5-6-19)29(37)27(34-22)30-13-18-4-9-23-21(12-18)10-11-39(23,3)38/h4,9,12,14-15,17,19-20H,3,5-8,10-11,13H2,1-2H3,(H,30,34). The van der Waals surface area contributed by atoms with E-state index in [-0.39, 0.29) is 17.4 Å². The molecular formula is C29H31N7O2S. The van der Waals surface area contributed by atoms with E-state index in [4.69, 9.17) is 4.98 Å². The predicted octanol–water partition coefficient (Wildman–Crippen LogP) is 4.04. The second kappa shape index (κ2) is 8.94. The van der Waals surface area contributed by atoms with Crippen molar-refractivity contribution in [2.75, 3.05) is 11.1 Å². The fourth-order valence-electron chi connectivity index (χ4n) is 5.71. The van der Waals surface area contributed by atoms with Crippen LogP contribution < -0.4 is 10.9 Å². The molecule has 1 aliphatic heterocycles. The Hall–Kier alpha value is -3.66. The number of rotatable bonds is 7. The van der Waals surface area contributed by atoms with Crippen LogP contribution in [0.2, 0.25) is 0 Å². The highest BCUT2D eigenvalue weighted by Crippen LogP contribution is 2.43. The SMILES string of the molecule is C=S1(=O)CCc2cc(CNc3nc4cnc(-c5c(C)ncnc5C5CC5)nc4n(C(C)C4CC4)c3=O)ccc21. The summed E-state index contributed by atoms with van der Waals surface area (Å²) in [4.78, 5) is 38.0. The third-order valence-electron chi connectivity index (χ3n) is 8.28. The van der Waals surface area contributed by atoms with Crippen LogP contribution in [0.3, 0.4) is 0 Å². The van der Waals surface area contributed by atoms with Gasteiger partial charge in [0.05, 0.1) is 23.1 Å². The van der Waals surface area contributed by atoms with E-state index < -0.39 is 9.52 Å². The molecule has 4 aromatic rings. The first-order valence-electron chi connectivity index (χ1n) is 13.6. The summed E-state index contributed by atoms with van der Waals surface area (Å²) < 4.78 is 14.4. The van der Waals surface area contributed by atoms with Gasteiger partial charge in [-0.1, -0.05) is 12.1 Å². The van der Waals surface area contributed by atoms with Crippen molar-refractivity contribution < 1.29 is 4.21 Å². The van der Waals surface area contributed by atoms with Crippen molar-refractivity contribution in [2.45, 2.75) is 69.4 Å². The Morgan fingerprint density at radius 1 is 1.15 bits per heavy atom. The maximum absolute atomic E-state index is 13.9. The fraction of sp³-hybridized carbons (Fsp3) is 0.414. The molecule has 2 saturated carbocycles. The van der Waals surface area contributed by atoms with Gasteiger partial charge in [0.1, 0.15) is 11.8 Å². The number of anilines is 1. The Kier molecular flexibility index (Phi) is 5.59. The van der Waals surface area contributed by atoms with Crippen LogP contribution in [0, 0.1) is 12.8 Å². The van der Waals surface area contributed by atoms with E-state index in [0.29, 0.717) is 41.1 Å². The van der Waals surface area contributed by atoms with Crippen molar-refractivity contribution in [3.8, 4) is 11.4 Å². The van der Waals surface area contributed by atoms with Gasteiger partial charge in [0.25, 0.3) is 5.56 Å². The molecule has 0 saturated heterocycles. The molecule has 9 nitrogen and oxygen atoms in total. The smallest absolute Gasteiger partial charge is 0.295 e. The normalized spacial score (nSPS) is 21.2. The average Bonchev–Trinajstić information content (AvgIpc) is 3.84. The highest BCUT2D eigenvalue weighted by atomic mass is 32.2. The molecule has 1 aromatic carbocycles. The number of nitrogens with one attached hydrogen (secondary N) is 1. The second-order valence-electron chi connectivity index (χ2n) is 11.2. The minimum absolute atomic E-state index is 0.00692. The molecule has 3 aliphatic rings. The van der Waals surface area contributed by atoms with Crippen LogP contribution in [-0.4, -0.2) is 45.3 Å². The van der Waals surface area contributed by atoms with Crippen molar-refractivity contribution >= 4 is 32.4 Å². The quantitative estimate of drug-likeness (QED) is 0.349. The molecule has 0 radical (unpaired) electrons. The third kappa shape index (κ3) is 4.30. The number of fused-ring (bicyclic) bond motifs is 2. The zero-order chi connectivity index (χ0) is 26.9. The molecule has 7 rings (SSSR count). The van der Waals surface area contributed by atoms with E-state index in [0.717, 1.165) is 65.1 Å². The molecule has 200 valence electrons. The Labute approximate surface area is 227 Å². The maximum atomic E-state index is 13.9. The molecule has 2 atom stereocenters. The van der Waals surface area contributed by atoms with Gasteiger partial charge in [0, 0.05) is 29.2 Å². The number of benzene rings is 1. The third-order valence-corrected chi connectivity index (χ3v) is 10.3. The lowest BCUT2D eigenvalue weighted by Gasteiger charge is -2.19. The first-order chi connectivity index (χ1) is 18.8. The monoisotopic (exact) mass is 541 g/mol. The Morgan fingerprint density at radius 3 is 2.74 bits per heavy atom. The first-order valence-corrected chi connectivity index (χ1v) is 15.5. The molecule has 2 fully saturated rings. The fourth-order valence-corrected chi connectivity index (χ4v) is 7.43. The molecule has 1 N–H and O–H groups in total. The van der Waals surface area contributed by atoms with Gasteiger partial charge in [-0.2, -0.15) is 0 Å². The van der Waals surface area contributed by atoms with E-state index in [1.165, 1.54) is 0 Å². The lowest BCUT2D eigenvalue weighted by molar-refractivity contribution is 0.482. The molecule has 10 heteroatoms. The van der Waals surface area contributed by atoms with E-state index >= 15 is 0 Å². The molecule has 2 unspecified atom stereocenters. The van der Waals surface area contributed by atoms with Crippen LogP contribution in [0.25, 0.3) is 22.6 Å². The van der Waals surface area contributed by atoms with E-state index in [2.05, 4.69) is 44.1 Å². The average molecular weight is 542 g/mol. The number of hydrogen-bond acceptors (Lipinski definition) is 8. The zero-order valence-electron chi connectivity index (χ0n) is 22.2. The molecular weight excluding hydrogens is 510 g/mol. The topological polar surface area (TPSA) is 116 Å². The van der Waals surface area contributed by atoms with Crippen molar-refractivity contribution in [3.63, 3.8) is 0 Å². The summed E-state index contributed by atoms with van der Waals surface area (Å²) in [5.74, 6) is 6.18. The summed E-state index contributed by atoms with van der Waals surface area (Å²) in [5.41, 5.74) is 5.71. The highest BCUT2D eigenvalue weighted by Gasteiger charge is 2.33. The largest absolute Gasteiger partial charge is 0.361 e. The summed E-state index contributed by atoms with van der Waals surface area (Å²) in [6.45, 7) is 4.48. The van der Waals surface area contributed by atoms with Gasteiger partial charge in [-0.15, -0.1) is 0 Å². The molecule has 2 aliphatic carbocycles. The van der Waals surface area contributed by atoms with Gasteiger partial charge in [0.2, 0.25) is 0 Å². The van der Waals surface area contributed by atoms with E-state index in [9.17, 15) is 9.00 Å². The van der Waals surface area contributed by atoms with Crippen LogP contribution in [0.15, 0.2) is 40.4 Å². The number of nitrogens with zero attached hydrogens (tertiary/aromatic N) is 6. The van der Waals surface area contributed by atoms with Crippen molar-refractivity contribution in [3.05, 3.63) is 63.6 Å². The van der Waals surface area contributed by atoms with Crippen LogP contribution in [0.1, 0.15) is 67.1 Å². The summed E-state index contributed by atoms with van der Waals surface area (Å²) in [6, 6.07) is 5.92. The zero-order valence-corrected chi connectivity index (χ0v) is 23.0. The van der Waals surface area contributed by atoms with E-state index in [1.54, 1.807) is 17.1 Å². The molecule has 0 bridgehead atoms. The van der Waals surface area contributed by atoms with Gasteiger partial charge in [-0.25, -0.2) is 24.9 Å². The molecule has 3 aromatic heterocycles. The van der Waals surface area contributed by atoms with Crippen molar-refractivity contribution in [1.82, 2.24) is 29.5 Å². The number of aryl methyl sites for hydroxylation is 2. The summed E-state index contributed by atoms with van der Waals surface area (Å²) >= 11 is 0. The Morgan fingerprint density at radius 2 is 1.97 bits per heavy atom. The second-order valence-corrected chi connectivity index (χ2v) is 13.6. The lowest BCUT2D eigenvalue weighted by atomic mass is 10.1. The Bertz CT molecular complexity index is 1810. The molecule has 0 spiro atoms. The predicted molar refractivity (Wildman–Crippen MR) is 153 cm³/mol. The molecule has 39 heavy (non-hydrogen) atoms.